The van der Waals surface area contributed by atoms with Crippen LogP contribution in [0.4, 0.5) is 5.69 Å². The Hall–Kier alpha value is -2.25. The van der Waals surface area contributed by atoms with Crippen LogP contribution in [0.3, 0.4) is 0 Å². The molecule has 0 aliphatic carbocycles. The van der Waals surface area contributed by atoms with Crippen LogP contribution in [0.2, 0.25) is 10.0 Å². The van der Waals surface area contributed by atoms with Crippen LogP contribution in [0.25, 0.3) is 0 Å². The zero-order valence-electron chi connectivity index (χ0n) is 15.3. The van der Waals surface area contributed by atoms with Crippen LogP contribution >= 0.6 is 35.6 Å². The van der Waals surface area contributed by atoms with Crippen molar-refractivity contribution in [3.63, 3.8) is 0 Å². The summed E-state index contributed by atoms with van der Waals surface area (Å²) in [4.78, 5) is 12.5. The molecule has 4 rings (SSSR count). The lowest BCUT2D eigenvalue weighted by atomic mass is 9.98. The molecule has 0 spiro atoms. The van der Waals surface area contributed by atoms with E-state index in [4.69, 9.17) is 27.9 Å². The number of aromatic nitrogens is 2. The molecular formula is C20H19Cl3N4O2. The van der Waals surface area contributed by atoms with E-state index in [1.807, 2.05) is 18.2 Å². The van der Waals surface area contributed by atoms with Gasteiger partial charge in [-0.05, 0) is 54.4 Å². The van der Waals surface area contributed by atoms with Gasteiger partial charge in [0.05, 0.1) is 23.1 Å². The zero-order valence-corrected chi connectivity index (χ0v) is 17.7. The van der Waals surface area contributed by atoms with E-state index in [2.05, 4.69) is 15.7 Å². The highest BCUT2D eigenvalue weighted by Crippen LogP contribution is 2.27. The Kier molecular flexibility index (Phi) is 7.03. The van der Waals surface area contributed by atoms with Crippen molar-refractivity contribution in [2.75, 3.05) is 11.9 Å². The zero-order chi connectivity index (χ0) is 19.5. The van der Waals surface area contributed by atoms with E-state index in [-0.39, 0.29) is 25.0 Å². The maximum atomic E-state index is 12.5. The van der Waals surface area contributed by atoms with Crippen LogP contribution in [-0.4, -0.2) is 22.2 Å². The number of amides is 1. The quantitative estimate of drug-likeness (QED) is 0.595. The third-order valence-electron chi connectivity index (χ3n) is 4.49. The van der Waals surface area contributed by atoms with Crippen molar-refractivity contribution in [3.8, 4) is 5.75 Å². The molecule has 0 saturated heterocycles. The smallest absolute Gasteiger partial charge is 0.255 e. The summed E-state index contributed by atoms with van der Waals surface area (Å²) in [6, 6.07) is 10.8. The van der Waals surface area contributed by atoms with E-state index in [0.717, 1.165) is 19.5 Å². The van der Waals surface area contributed by atoms with Gasteiger partial charge in [-0.25, -0.2) is 4.68 Å². The molecule has 0 radical (unpaired) electrons. The van der Waals surface area contributed by atoms with Gasteiger partial charge in [0.15, 0.2) is 6.73 Å². The first-order chi connectivity index (χ1) is 13.6. The summed E-state index contributed by atoms with van der Waals surface area (Å²) in [5, 5.41) is 11.4. The number of hydrogen-bond acceptors (Lipinski definition) is 4. The Morgan fingerprint density at radius 2 is 2.07 bits per heavy atom. The molecule has 1 aliphatic heterocycles. The number of carbonyl (C=O) groups excluding carboxylic acids is 1. The molecule has 0 fully saturated rings. The molecule has 1 aliphatic rings. The van der Waals surface area contributed by atoms with E-state index in [1.165, 1.54) is 11.1 Å². The minimum atomic E-state index is -0.164. The van der Waals surface area contributed by atoms with Gasteiger partial charge in [0.25, 0.3) is 5.91 Å². The van der Waals surface area contributed by atoms with Crippen molar-refractivity contribution in [1.82, 2.24) is 15.1 Å². The number of halogens is 3. The third-order valence-corrected chi connectivity index (χ3v) is 5.02. The first-order valence-electron chi connectivity index (χ1n) is 8.83. The molecule has 1 aromatic heterocycles. The van der Waals surface area contributed by atoms with Gasteiger partial charge >= 0.3 is 0 Å². The summed E-state index contributed by atoms with van der Waals surface area (Å²) in [7, 11) is 0. The molecule has 9 heteroatoms. The Morgan fingerprint density at radius 1 is 1.21 bits per heavy atom. The lowest BCUT2D eigenvalue weighted by Gasteiger charge is -2.17. The summed E-state index contributed by atoms with van der Waals surface area (Å²) in [5.74, 6) is 0.346. The first kappa shape index (κ1) is 21.5. The maximum absolute atomic E-state index is 12.5. The number of nitrogens with zero attached hydrogens (tertiary/aromatic N) is 2. The average Bonchev–Trinajstić information content (AvgIpc) is 3.14. The van der Waals surface area contributed by atoms with E-state index < -0.39 is 0 Å². The van der Waals surface area contributed by atoms with Gasteiger partial charge in [-0.2, -0.15) is 5.10 Å². The molecule has 1 amide bonds. The molecule has 2 heterocycles. The Bertz CT molecular complexity index is 1020. The van der Waals surface area contributed by atoms with Gasteiger partial charge in [0.2, 0.25) is 0 Å². The summed E-state index contributed by atoms with van der Waals surface area (Å²) < 4.78 is 7.20. The molecule has 0 bridgehead atoms. The number of anilines is 1. The molecule has 0 atom stereocenters. The van der Waals surface area contributed by atoms with Crippen LogP contribution in [0, 0.1) is 0 Å². The number of rotatable bonds is 5. The van der Waals surface area contributed by atoms with Gasteiger partial charge in [0, 0.05) is 17.1 Å². The normalized spacial score (nSPS) is 12.6. The van der Waals surface area contributed by atoms with Crippen molar-refractivity contribution < 1.29 is 9.53 Å². The fourth-order valence-corrected chi connectivity index (χ4v) is 3.51. The Labute approximate surface area is 184 Å². The molecule has 29 heavy (non-hydrogen) atoms. The van der Waals surface area contributed by atoms with Gasteiger partial charge in [-0.1, -0.05) is 29.3 Å². The molecule has 0 unspecified atom stereocenters. The lowest BCUT2D eigenvalue weighted by Crippen LogP contribution is -2.24. The number of carbonyl (C=O) groups is 1. The van der Waals surface area contributed by atoms with Crippen LogP contribution in [0.5, 0.6) is 5.75 Å². The molecule has 152 valence electrons. The van der Waals surface area contributed by atoms with Crippen molar-refractivity contribution in [1.29, 1.82) is 0 Å². The van der Waals surface area contributed by atoms with Crippen LogP contribution in [0.15, 0.2) is 48.8 Å². The first-order valence-corrected chi connectivity index (χ1v) is 9.58. The third kappa shape index (κ3) is 5.22. The molecular weight excluding hydrogens is 435 g/mol. The molecule has 6 nitrogen and oxygen atoms in total. The predicted molar refractivity (Wildman–Crippen MR) is 116 cm³/mol. The van der Waals surface area contributed by atoms with E-state index in [1.54, 1.807) is 35.3 Å². The molecule has 2 N–H and O–H groups in total. The summed E-state index contributed by atoms with van der Waals surface area (Å²) in [5.41, 5.74) is 3.69. The average molecular weight is 454 g/mol. The minimum Gasteiger partial charge on any atom is -0.470 e. The molecule has 3 aromatic rings. The van der Waals surface area contributed by atoms with Crippen LogP contribution in [-0.2, 0) is 19.7 Å². The monoisotopic (exact) mass is 452 g/mol. The Balaban J connectivity index is 0.00000240. The highest BCUT2D eigenvalue weighted by atomic mass is 35.5. The SMILES string of the molecule is Cl.O=C(Nc1cnn(COc2ccc(Cl)cc2Cl)c1)c1ccc2c(c1)CCNC2. The van der Waals surface area contributed by atoms with Gasteiger partial charge < -0.3 is 15.4 Å². The Morgan fingerprint density at radius 3 is 2.90 bits per heavy atom. The van der Waals surface area contributed by atoms with Crippen molar-refractivity contribution in [2.45, 2.75) is 19.7 Å². The topological polar surface area (TPSA) is 68.2 Å². The van der Waals surface area contributed by atoms with Crippen molar-refractivity contribution >= 4 is 47.2 Å². The second kappa shape index (κ2) is 9.50. The van der Waals surface area contributed by atoms with E-state index >= 15 is 0 Å². The lowest BCUT2D eigenvalue weighted by molar-refractivity contribution is 0.102. The summed E-state index contributed by atoms with van der Waals surface area (Å²) >= 11 is 12.0. The highest BCUT2D eigenvalue weighted by molar-refractivity contribution is 6.35. The second-order valence-corrected chi connectivity index (χ2v) is 7.32. The van der Waals surface area contributed by atoms with Crippen LogP contribution < -0.4 is 15.4 Å². The second-order valence-electron chi connectivity index (χ2n) is 6.48. The summed E-state index contributed by atoms with van der Waals surface area (Å²) in [6.07, 6.45) is 4.20. The number of ether oxygens (including phenoxy) is 1. The number of hydrogen-bond donors (Lipinski definition) is 2. The largest absolute Gasteiger partial charge is 0.470 e. The molecule has 2 aromatic carbocycles. The standard InChI is InChI=1S/C20H18Cl2N4O2.ClH/c21-16-3-4-19(18(22)8-16)28-12-26-11-17(10-24-26)25-20(27)14-1-2-15-9-23-6-5-13(15)7-14;/h1-4,7-8,10-11,23H,5-6,9,12H2,(H,25,27);1H. The number of fused-ring (bicyclic) bond motifs is 1. The highest BCUT2D eigenvalue weighted by Gasteiger charge is 2.13. The fraction of sp³-hybridized carbons (Fsp3) is 0.200. The van der Waals surface area contributed by atoms with Crippen molar-refractivity contribution in [2.24, 2.45) is 0 Å². The predicted octanol–water partition coefficient (Wildman–Crippen LogP) is 4.55. The van der Waals surface area contributed by atoms with Crippen molar-refractivity contribution in [3.05, 3.63) is 75.5 Å². The minimum absolute atomic E-state index is 0. The van der Waals surface area contributed by atoms with Gasteiger partial charge in [-0.15, -0.1) is 12.4 Å². The summed E-state index contributed by atoms with van der Waals surface area (Å²) in [6.45, 7) is 1.94. The molecule has 0 saturated carbocycles. The fourth-order valence-electron chi connectivity index (χ4n) is 3.05. The van der Waals surface area contributed by atoms with E-state index in [0.29, 0.717) is 27.0 Å². The maximum Gasteiger partial charge on any atom is 0.255 e. The van der Waals surface area contributed by atoms with Gasteiger partial charge in [-0.3, -0.25) is 4.79 Å². The van der Waals surface area contributed by atoms with E-state index in [9.17, 15) is 4.79 Å². The van der Waals surface area contributed by atoms with Gasteiger partial charge in [0.1, 0.15) is 5.75 Å². The number of benzene rings is 2. The van der Waals surface area contributed by atoms with Crippen LogP contribution in [0.1, 0.15) is 21.5 Å². The number of nitrogens with one attached hydrogen (secondary N) is 2.